The number of fused-ring (bicyclic) bond motifs is 1. The lowest BCUT2D eigenvalue weighted by Crippen LogP contribution is -2.23. The van der Waals surface area contributed by atoms with Gasteiger partial charge in [-0.05, 0) is 31.9 Å². The minimum absolute atomic E-state index is 0.164. The van der Waals surface area contributed by atoms with Gasteiger partial charge in [0, 0.05) is 17.1 Å². The summed E-state index contributed by atoms with van der Waals surface area (Å²) in [5.74, 6) is -0.649. The van der Waals surface area contributed by atoms with E-state index in [2.05, 4.69) is 4.98 Å². The van der Waals surface area contributed by atoms with Gasteiger partial charge in [0.2, 0.25) is 5.43 Å². The van der Waals surface area contributed by atoms with E-state index in [9.17, 15) is 9.59 Å². The molecular formula is C18H17NO5S. The highest BCUT2D eigenvalue weighted by molar-refractivity contribution is 7.13. The molecule has 0 aliphatic carbocycles. The van der Waals surface area contributed by atoms with Gasteiger partial charge in [0.15, 0.2) is 6.10 Å². The third-order valence-electron chi connectivity index (χ3n) is 3.84. The van der Waals surface area contributed by atoms with Gasteiger partial charge in [0.05, 0.1) is 10.9 Å². The van der Waals surface area contributed by atoms with Crippen LogP contribution in [0.2, 0.25) is 0 Å². The van der Waals surface area contributed by atoms with E-state index in [-0.39, 0.29) is 5.43 Å². The van der Waals surface area contributed by atoms with Crippen LogP contribution in [-0.4, -0.2) is 22.2 Å². The second kappa shape index (κ2) is 6.68. The zero-order valence-electron chi connectivity index (χ0n) is 14.0. The molecule has 2 heterocycles. The van der Waals surface area contributed by atoms with Crippen molar-refractivity contribution >= 4 is 28.3 Å². The van der Waals surface area contributed by atoms with Crippen molar-refractivity contribution in [2.45, 2.75) is 33.3 Å². The van der Waals surface area contributed by atoms with Crippen LogP contribution in [-0.2, 0) is 11.2 Å². The first-order valence-corrected chi connectivity index (χ1v) is 8.69. The van der Waals surface area contributed by atoms with Gasteiger partial charge in [-0.15, -0.1) is 11.3 Å². The Labute approximate surface area is 147 Å². The molecule has 1 unspecified atom stereocenters. The molecule has 2 aromatic heterocycles. The van der Waals surface area contributed by atoms with Gasteiger partial charge in [0.25, 0.3) is 0 Å². The van der Waals surface area contributed by atoms with Crippen LogP contribution in [0.15, 0.2) is 33.0 Å². The fourth-order valence-corrected chi connectivity index (χ4v) is 3.25. The first kappa shape index (κ1) is 17.2. The molecule has 130 valence electrons. The number of rotatable bonds is 5. The zero-order valence-corrected chi connectivity index (χ0v) is 14.8. The number of carboxylic acid groups (broad SMARTS) is 1. The number of benzene rings is 1. The number of carbonyl (C=O) groups is 1. The van der Waals surface area contributed by atoms with Crippen molar-refractivity contribution < 1.29 is 19.1 Å². The van der Waals surface area contributed by atoms with Crippen molar-refractivity contribution in [2.24, 2.45) is 0 Å². The van der Waals surface area contributed by atoms with Gasteiger partial charge in [-0.3, -0.25) is 4.79 Å². The quantitative estimate of drug-likeness (QED) is 0.748. The first-order chi connectivity index (χ1) is 11.9. The van der Waals surface area contributed by atoms with Crippen molar-refractivity contribution in [2.75, 3.05) is 0 Å². The molecule has 3 aromatic rings. The van der Waals surface area contributed by atoms with E-state index in [1.165, 1.54) is 24.5 Å². The Bertz CT molecular complexity index is 1000. The predicted molar refractivity (Wildman–Crippen MR) is 95.4 cm³/mol. The molecule has 25 heavy (non-hydrogen) atoms. The predicted octanol–water partition coefficient (Wildman–Crippen LogP) is 3.64. The summed E-state index contributed by atoms with van der Waals surface area (Å²) in [6, 6.07) is 3.28. The summed E-state index contributed by atoms with van der Waals surface area (Å²) in [4.78, 5) is 28.2. The van der Waals surface area contributed by atoms with Crippen molar-refractivity contribution in [3.8, 4) is 16.3 Å². The van der Waals surface area contributed by atoms with Gasteiger partial charge in [0.1, 0.15) is 22.6 Å². The van der Waals surface area contributed by atoms with E-state index in [0.29, 0.717) is 33.7 Å². The molecule has 1 atom stereocenters. The van der Waals surface area contributed by atoms with Crippen LogP contribution in [0.3, 0.4) is 0 Å². The monoisotopic (exact) mass is 359 g/mol. The number of thiazole rings is 1. The topological polar surface area (TPSA) is 89.6 Å². The molecule has 0 saturated heterocycles. The van der Waals surface area contributed by atoms with Crippen LogP contribution in [0.5, 0.6) is 5.75 Å². The van der Waals surface area contributed by atoms with E-state index in [1.54, 1.807) is 12.1 Å². The summed E-state index contributed by atoms with van der Waals surface area (Å²) in [7, 11) is 0. The highest BCUT2D eigenvalue weighted by Gasteiger charge is 2.18. The Morgan fingerprint density at radius 2 is 2.20 bits per heavy atom. The molecule has 6 nitrogen and oxygen atoms in total. The summed E-state index contributed by atoms with van der Waals surface area (Å²) in [6.45, 7) is 5.23. The Kier molecular flexibility index (Phi) is 4.59. The first-order valence-electron chi connectivity index (χ1n) is 7.81. The van der Waals surface area contributed by atoms with Crippen molar-refractivity contribution in [1.82, 2.24) is 4.98 Å². The van der Waals surface area contributed by atoms with Crippen LogP contribution >= 0.6 is 11.3 Å². The lowest BCUT2D eigenvalue weighted by molar-refractivity contribution is -0.144. The zero-order chi connectivity index (χ0) is 18.1. The fourth-order valence-electron chi connectivity index (χ4n) is 2.45. The maximum absolute atomic E-state index is 12.8. The van der Waals surface area contributed by atoms with Crippen LogP contribution in [0.25, 0.3) is 21.5 Å². The molecule has 0 saturated carbocycles. The van der Waals surface area contributed by atoms with Crippen molar-refractivity contribution in [3.63, 3.8) is 0 Å². The molecule has 7 heteroatoms. The number of aliphatic carboxylic acids is 1. The number of hydrogen-bond acceptors (Lipinski definition) is 6. The number of aromatic nitrogens is 1. The third-order valence-corrected chi connectivity index (χ3v) is 4.83. The summed E-state index contributed by atoms with van der Waals surface area (Å²) < 4.78 is 11.1. The number of aryl methyl sites for hydroxylation is 2. The summed E-state index contributed by atoms with van der Waals surface area (Å²) in [6.07, 6.45) is 0.989. The number of ether oxygens (including phenoxy) is 1. The van der Waals surface area contributed by atoms with Gasteiger partial charge < -0.3 is 14.3 Å². The fraction of sp³-hybridized carbons (Fsp3) is 0.278. The molecular weight excluding hydrogens is 342 g/mol. The van der Waals surface area contributed by atoms with Gasteiger partial charge in [-0.1, -0.05) is 6.92 Å². The van der Waals surface area contributed by atoms with E-state index < -0.39 is 12.1 Å². The highest BCUT2D eigenvalue weighted by Crippen LogP contribution is 2.29. The molecule has 0 aliphatic rings. The Morgan fingerprint density at radius 3 is 2.80 bits per heavy atom. The number of carboxylic acids is 1. The maximum Gasteiger partial charge on any atom is 0.344 e. The molecule has 0 amide bonds. The maximum atomic E-state index is 12.8. The molecule has 1 N–H and O–H groups in total. The van der Waals surface area contributed by atoms with Gasteiger partial charge >= 0.3 is 5.97 Å². The average molecular weight is 359 g/mol. The van der Waals surface area contributed by atoms with Gasteiger partial charge in [-0.2, -0.15) is 0 Å². The Morgan fingerprint density at radius 1 is 1.44 bits per heavy atom. The van der Waals surface area contributed by atoms with Crippen molar-refractivity contribution in [1.29, 1.82) is 0 Å². The highest BCUT2D eigenvalue weighted by atomic mass is 32.1. The van der Waals surface area contributed by atoms with E-state index in [1.807, 2.05) is 19.2 Å². The van der Waals surface area contributed by atoms with Crippen molar-refractivity contribution in [3.05, 3.63) is 45.3 Å². The van der Waals surface area contributed by atoms with Crippen LogP contribution in [0.1, 0.15) is 25.1 Å². The minimum atomic E-state index is -1.06. The van der Waals surface area contributed by atoms with E-state index >= 15 is 0 Å². The second-order valence-corrected chi connectivity index (χ2v) is 6.54. The molecule has 0 fully saturated rings. The number of nitrogens with zero attached hydrogens (tertiary/aromatic N) is 1. The second-order valence-electron chi connectivity index (χ2n) is 5.68. The van der Waals surface area contributed by atoms with Crippen LogP contribution in [0, 0.1) is 6.92 Å². The third kappa shape index (κ3) is 3.28. The van der Waals surface area contributed by atoms with Crippen LogP contribution < -0.4 is 10.2 Å². The Balaban J connectivity index is 2.13. The minimum Gasteiger partial charge on any atom is -0.479 e. The molecule has 0 radical (unpaired) electrons. The molecule has 0 spiro atoms. The summed E-state index contributed by atoms with van der Waals surface area (Å²) in [5.41, 5.74) is 2.20. The molecule has 0 aliphatic heterocycles. The number of hydrogen-bond donors (Lipinski definition) is 1. The van der Waals surface area contributed by atoms with Gasteiger partial charge in [-0.25, -0.2) is 9.78 Å². The summed E-state index contributed by atoms with van der Waals surface area (Å²) >= 11 is 1.39. The lowest BCUT2D eigenvalue weighted by atomic mass is 10.1. The molecule has 3 rings (SSSR count). The van der Waals surface area contributed by atoms with E-state index in [4.69, 9.17) is 14.3 Å². The largest absolute Gasteiger partial charge is 0.479 e. The summed E-state index contributed by atoms with van der Waals surface area (Å²) in [5, 5.41) is 11.9. The SMILES string of the molecule is CCc1cc2c(=O)c(-c3nc(C)cs3)coc2cc1OC(C)C(=O)O. The average Bonchev–Trinajstić information content (AvgIpc) is 3.00. The Hall–Kier alpha value is -2.67. The smallest absolute Gasteiger partial charge is 0.344 e. The molecule has 0 bridgehead atoms. The standard InChI is InChI=1S/C18H17NO5S/c1-4-11-5-12-15(6-14(11)24-10(3)18(21)22)23-7-13(16(12)20)17-19-9(2)8-25-17/h5-8,10H,4H2,1-3H3,(H,21,22). The van der Waals surface area contributed by atoms with E-state index in [0.717, 1.165) is 11.3 Å². The molecule has 1 aromatic carbocycles. The van der Waals surface area contributed by atoms with Crippen LogP contribution in [0.4, 0.5) is 0 Å². The lowest BCUT2D eigenvalue weighted by Gasteiger charge is -2.14. The normalized spacial score (nSPS) is 12.3.